The van der Waals surface area contributed by atoms with Crippen LogP contribution in [0.3, 0.4) is 0 Å². The third-order valence-electron chi connectivity index (χ3n) is 4.61. The lowest BCUT2D eigenvalue weighted by atomic mass is 9.81. The number of nitro benzene ring substituents is 1. The Morgan fingerprint density at radius 3 is 2.38 bits per heavy atom. The minimum Gasteiger partial charge on any atom is -0.463 e. The maximum absolute atomic E-state index is 13.0. The second-order valence-electron chi connectivity index (χ2n) is 7.23. The molecule has 1 atom stereocenters. The highest BCUT2D eigenvalue weighted by molar-refractivity contribution is 6.00. The lowest BCUT2D eigenvalue weighted by Crippen LogP contribution is -2.33. The molecule has 10 heteroatoms. The summed E-state index contributed by atoms with van der Waals surface area (Å²) in [7, 11) is 3.74. The molecule has 0 spiro atoms. The summed E-state index contributed by atoms with van der Waals surface area (Å²) in [5, 5.41) is 14.4. The van der Waals surface area contributed by atoms with E-state index in [1.165, 1.54) is 18.2 Å². The van der Waals surface area contributed by atoms with Gasteiger partial charge in [-0.3, -0.25) is 10.1 Å². The quantitative estimate of drug-likeness (QED) is 0.267. The van der Waals surface area contributed by atoms with Crippen molar-refractivity contribution in [1.29, 1.82) is 0 Å². The Kier molecular flexibility index (Phi) is 8.65. The number of benzene rings is 1. The SMILES string of the molecule is CCOC(=O)C1=C(C)NC(N=CCN(C)C)=C(C(=O)OCC)C1c1cccc([N+](=O)[O-])c1. The molecule has 0 aliphatic carbocycles. The van der Waals surface area contributed by atoms with Crippen LogP contribution in [0.5, 0.6) is 0 Å². The van der Waals surface area contributed by atoms with Gasteiger partial charge in [-0.15, -0.1) is 0 Å². The molecule has 172 valence electrons. The maximum atomic E-state index is 13.0. The topological polar surface area (TPSA) is 123 Å². The first-order valence-corrected chi connectivity index (χ1v) is 10.2. The number of hydrogen-bond acceptors (Lipinski definition) is 9. The molecule has 0 aromatic heterocycles. The van der Waals surface area contributed by atoms with Crippen LogP contribution in [0.4, 0.5) is 5.69 Å². The standard InChI is InChI=1S/C22H28N4O6/c1-6-31-21(27)17-14(3)24-20(23-11-12-25(4)5)19(22(28)32-7-2)18(17)15-9-8-10-16(13-15)26(29)30/h8-11,13,18,24H,6-7,12H2,1-5H3. The van der Waals surface area contributed by atoms with Crippen molar-refractivity contribution in [3.05, 3.63) is 62.6 Å². The fourth-order valence-electron chi connectivity index (χ4n) is 3.26. The van der Waals surface area contributed by atoms with E-state index >= 15 is 0 Å². The van der Waals surface area contributed by atoms with Crippen LogP contribution in [0.1, 0.15) is 32.3 Å². The summed E-state index contributed by atoms with van der Waals surface area (Å²) in [6, 6.07) is 5.80. The van der Waals surface area contributed by atoms with Gasteiger partial charge in [-0.2, -0.15) is 0 Å². The summed E-state index contributed by atoms with van der Waals surface area (Å²) in [5.74, 6) is -2.05. The highest BCUT2D eigenvalue weighted by Crippen LogP contribution is 2.40. The molecule has 32 heavy (non-hydrogen) atoms. The van der Waals surface area contributed by atoms with Gasteiger partial charge in [0, 0.05) is 30.6 Å². The van der Waals surface area contributed by atoms with E-state index < -0.39 is 22.8 Å². The van der Waals surface area contributed by atoms with Crippen molar-refractivity contribution in [3.63, 3.8) is 0 Å². The van der Waals surface area contributed by atoms with Crippen LogP contribution < -0.4 is 5.32 Å². The third-order valence-corrected chi connectivity index (χ3v) is 4.61. The zero-order valence-electron chi connectivity index (χ0n) is 18.9. The highest BCUT2D eigenvalue weighted by atomic mass is 16.6. The van der Waals surface area contributed by atoms with Crippen LogP contribution in [0.2, 0.25) is 0 Å². The first-order chi connectivity index (χ1) is 15.2. The number of rotatable bonds is 9. The Bertz CT molecular complexity index is 980. The van der Waals surface area contributed by atoms with E-state index in [1.54, 1.807) is 33.1 Å². The maximum Gasteiger partial charge on any atom is 0.338 e. The van der Waals surface area contributed by atoms with Gasteiger partial charge in [-0.1, -0.05) is 12.1 Å². The second-order valence-corrected chi connectivity index (χ2v) is 7.23. The van der Waals surface area contributed by atoms with Crippen LogP contribution in [-0.4, -0.2) is 61.8 Å². The number of carbonyl (C=O) groups is 2. The van der Waals surface area contributed by atoms with Crippen LogP contribution in [-0.2, 0) is 19.1 Å². The van der Waals surface area contributed by atoms with Crippen LogP contribution in [0.15, 0.2) is 51.9 Å². The Balaban J connectivity index is 2.76. The van der Waals surface area contributed by atoms with Crippen molar-refractivity contribution in [1.82, 2.24) is 10.2 Å². The third kappa shape index (κ3) is 5.79. The monoisotopic (exact) mass is 444 g/mol. The number of nitrogens with one attached hydrogen (secondary N) is 1. The molecule has 0 radical (unpaired) electrons. The summed E-state index contributed by atoms with van der Waals surface area (Å²) < 4.78 is 10.5. The zero-order valence-corrected chi connectivity index (χ0v) is 18.9. The molecule has 0 bridgehead atoms. The summed E-state index contributed by atoms with van der Waals surface area (Å²) in [4.78, 5) is 43.0. The van der Waals surface area contributed by atoms with E-state index in [9.17, 15) is 19.7 Å². The average molecular weight is 444 g/mol. The van der Waals surface area contributed by atoms with Gasteiger partial charge < -0.3 is 19.7 Å². The van der Waals surface area contributed by atoms with Gasteiger partial charge in [0.15, 0.2) is 0 Å². The number of nitrogens with zero attached hydrogens (tertiary/aromatic N) is 3. The fraction of sp³-hybridized carbons (Fsp3) is 0.409. The van der Waals surface area contributed by atoms with Crippen LogP contribution >= 0.6 is 0 Å². The summed E-state index contributed by atoms with van der Waals surface area (Å²) >= 11 is 0. The van der Waals surface area contributed by atoms with Crippen molar-refractivity contribution in [2.24, 2.45) is 4.99 Å². The van der Waals surface area contributed by atoms with E-state index in [2.05, 4.69) is 10.3 Å². The number of carbonyl (C=O) groups excluding carboxylic acids is 2. The Labute approximate surface area is 186 Å². The number of non-ortho nitro benzene ring substituents is 1. The molecule has 1 aliphatic heterocycles. The fourth-order valence-corrected chi connectivity index (χ4v) is 3.26. The molecular weight excluding hydrogens is 416 g/mol. The van der Waals surface area contributed by atoms with E-state index in [0.717, 1.165) is 0 Å². The van der Waals surface area contributed by atoms with E-state index in [0.29, 0.717) is 17.8 Å². The molecule has 0 saturated heterocycles. The van der Waals surface area contributed by atoms with Crippen molar-refractivity contribution < 1.29 is 24.0 Å². The van der Waals surface area contributed by atoms with Gasteiger partial charge >= 0.3 is 11.9 Å². The number of esters is 2. The molecule has 0 fully saturated rings. The average Bonchev–Trinajstić information content (AvgIpc) is 2.73. The first kappa shape index (κ1) is 24.7. The number of aliphatic imine (C=N–C) groups is 1. The van der Waals surface area contributed by atoms with Gasteiger partial charge in [-0.25, -0.2) is 14.6 Å². The van der Waals surface area contributed by atoms with Crippen LogP contribution in [0, 0.1) is 10.1 Å². The zero-order chi connectivity index (χ0) is 23.8. The van der Waals surface area contributed by atoms with Gasteiger partial charge in [0.05, 0.1) is 35.2 Å². The van der Waals surface area contributed by atoms with Crippen LogP contribution in [0.25, 0.3) is 0 Å². The lowest BCUT2D eigenvalue weighted by molar-refractivity contribution is -0.384. The molecule has 1 aromatic rings. The predicted molar refractivity (Wildman–Crippen MR) is 119 cm³/mol. The normalized spacial score (nSPS) is 16.4. The Morgan fingerprint density at radius 1 is 1.19 bits per heavy atom. The number of hydrogen-bond donors (Lipinski definition) is 1. The van der Waals surface area contributed by atoms with Crippen molar-refractivity contribution in [2.45, 2.75) is 26.7 Å². The number of dihydropyridines is 1. The molecular formula is C22H28N4O6. The van der Waals surface area contributed by atoms with E-state index in [-0.39, 0.29) is 35.9 Å². The van der Waals surface area contributed by atoms with E-state index in [1.807, 2.05) is 19.0 Å². The molecule has 1 heterocycles. The molecule has 1 aliphatic rings. The second kappa shape index (κ2) is 11.2. The lowest BCUT2D eigenvalue weighted by Gasteiger charge is -2.29. The number of allylic oxidation sites excluding steroid dienone is 1. The minimum absolute atomic E-state index is 0.0796. The highest BCUT2D eigenvalue weighted by Gasteiger charge is 2.39. The summed E-state index contributed by atoms with van der Waals surface area (Å²) in [5.41, 5.74) is 0.900. The first-order valence-electron chi connectivity index (χ1n) is 10.2. The molecule has 1 unspecified atom stereocenters. The van der Waals surface area contributed by atoms with Crippen molar-refractivity contribution in [3.8, 4) is 0 Å². The summed E-state index contributed by atoms with van der Waals surface area (Å²) in [6.07, 6.45) is 1.62. The molecule has 2 rings (SSSR count). The number of ether oxygens (including phenoxy) is 2. The molecule has 1 aromatic carbocycles. The molecule has 1 N–H and O–H groups in total. The van der Waals surface area contributed by atoms with Crippen molar-refractivity contribution >= 4 is 23.8 Å². The minimum atomic E-state index is -0.958. The number of nitro groups is 1. The van der Waals surface area contributed by atoms with Gasteiger partial charge in [0.25, 0.3) is 5.69 Å². The van der Waals surface area contributed by atoms with E-state index in [4.69, 9.17) is 9.47 Å². The molecule has 10 nitrogen and oxygen atoms in total. The Morgan fingerprint density at radius 2 is 1.81 bits per heavy atom. The smallest absolute Gasteiger partial charge is 0.338 e. The Hall–Kier alpha value is -3.53. The van der Waals surface area contributed by atoms with Gasteiger partial charge in [0.1, 0.15) is 5.82 Å². The molecule has 0 saturated carbocycles. The predicted octanol–water partition coefficient (Wildman–Crippen LogP) is 2.53. The molecule has 0 amide bonds. The largest absolute Gasteiger partial charge is 0.463 e. The summed E-state index contributed by atoms with van der Waals surface area (Å²) in [6.45, 7) is 5.75. The van der Waals surface area contributed by atoms with Gasteiger partial charge in [-0.05, 0) is 40.4 Å². The van der Waals surface area contributed by atoms with Crippen molar-refractivity contribution in [2.75, 3.05) is 33.9 Å². The van der Waals surface area contributed by atoms with Gasteiger partial charge in [0.2, 0.25) is 0 Å².